The van der Waals surface area contributed by atoms with E-state index < -0.39 is 0 Å². The fourth-order valence-corrected chi connectivity index (χ4v) is 3.79. The zero-order chi connectivity index (χ0) is 16.9. The molecule has 0 aromatic heterocycles. The number of aliphatic hydroxyl groups excluding tert-OH is 1. The van der Waals surface area contributed by atoms with Crippen LogP contribution in [0.4, 0.5) is 4.79 Å². The van der Waals surface area contributed by atoms with E-state index in [2.05, 4.69) is 10.2 Å². The Kier molecular flexibility index (Phi) is 5.58. The highest BCUT2D eigenvalue weighted by molar-refractivity contribution is 5.74. The van der Waals surface area contributed by atoms with Crippen molar-refractivity contribution < 1.29 is 14.6 Å². The number of ether oxygens (including phenoxy) is 1. The fourth-order valence-electron chi connectivity index (χ4n) is 3.79. The number of rotatable bonds is 6. The number of para-hydroxylation sites is 1. The summed E-state index contributed by atoms with van der Waals surface area (Å²) in [5.74, 6) is 1.34. The number of methoxy groups -OCH3 is 1. The van der Waals surface area contributed by atoms with E-state index >= 15 is 0 Å². The van der Waals surface area contributed by atoms with Gasteiger partial charge in [0.2, 0.25) is 0 Å². The number of urea groups is 1. The lowest BCUT2D eigenvalue weighted by Crippen LogP contribution is -2.59. The zero-order valence-corrected chi connectivity index (χ0v) is 14.3. The normalized spacial score (nSPS) is 25.3. The average molecular weight is 333 g/mol. The van der Waals surface area contributed by atoms with Gasteiger partial charge in [-0.25, -0.2) is 4.79 Å². The molecule has 0 aliphatic carbocycles. The summed E-state index contributed by atoms with van der Waals surface area (Å²) in [4.78, 5) is 16.8. The second-order valence-electron chi connectivity index (χ2n) is 6.65. The lowest BCUT2D eigenvalue weighted by atomic mass is 9.84. The Morgan fingerprint density at radius 2 is 2.12 bits per heavy atom. The highest BCUT2D eigenvalue weighted by Gasteiger charge is 2.35. The number of fused-ring (bicyclic) bond motifs is 3. The average Bonchev–Trinajstić information content (AvgIpc) is 2.62. The first-order valence-electron chi connectivity index (χ1n) is 8.72. The molecule has 3 aliphatic heterocycles. The molecule has 0 saturated carbocycles. The van der Waals surface area contributed by atoms with Gasteiger partial charge >= 0.3 is 6.03 Å². The predicted molar refractivity (Wildman–Crippen MR) is 92.0 cm³/mol. The number of benzene rings is 1. The van der Waals surface area contributed by atoms with E-state index in [4.69, 9.17) is 4.74 Å². The number of hydrogen-bond acceptors (Lipinski definition) is 4. The first kappa shape index (κ1) is 17.0. The first-order chi connectivity index (χ1) is 11.7. The molecule has 0 unspecified atom stereocenters. The summed E-state index contributed by atoms with van der Waals surface area (Å²) in [5, 5.41) is 12.5. The molecule has 132 valence electrons. The molecule has 0 spiro atoms. The van der Waals surface area contributed by atoms with Crippen molar-refractivity contribution in [3.05, 3.63) is 29.8 Å². The molecular weight excluding hydrogens is 306 g/mol. The van der Waals surface area contributed by atoms with Crippen LogP contribution in [0.1, 0.15) is 18.4 Å². The molecule has 24 heavy (non-hydrogen) atoms. The topological polar surface area (TPSA) is 65.0 Å². The molecule has 1 atom stereocenters. The summed E-state index contributed by atoms with van der Waals surface area (Å²) in [6.07, 6.45) is 2.33. The van der Waals surface area contributed by atoms with Gasteiger partial charge in [0.1, 0.15) is 5.75 Å². The molecular formula is C18H27N3O3. The van der Waals surface area contributed by atoms with E-state index in [1.807, 2.05) is 24.3 Å². The van der Waals surface area contributed by atoms with Crippen LogP contribution in [0.3, 0.4) is 0 Å². The van der Waals surface area contributed by atoms with Crippen LogP contribution in [0, 0.1) is 5.92 Å². The van der Waals surface area contributed by atoms with E-state index in [9.17, 15) is 9.90 Å². The number of carbonyl (C=O) groups is 1. The van der Waals surface area contributed by atoms with Crippen LogP contribution in [0.2, 0.25) is 0 Å². The van der Waals surface area contributed by atoms with Crippen molar-refractivity contribution in [1.29, 1.82) is 0 Å². The molecule has 6 heteroatoms. The van der Waals surface area contributed by atoms with Crippen molar-refractivity contribution in [3.8, 4) is 5.75 Å². The number of amides is 2. The van der Waals surface area contributed by atoms with Crippen LogP contribution in [0.25, 0.3) is 0 Å². The molecule has 0 radical (unpaired) electrons. The van der Waals surface area contributed by atoms with Crippen molar-refractivity contribution in [2.75, 3.05) is 39.9 Å². The molecule has 3 fully saturated rings. The number of carbonyl (C=O) groups excluding carboxylic acids is 1. The molecule has 1 aromatic carbocycles. The van der Waals surface area contributed by atoms with Gasteiger partial charge in [0, 0.05) is 24.7 Å². The van der Waals surface area contributed by atoms with Crippen LogP contribution < -0.4 is 10.1 Å². The SMILES string of the molecule is COc1ccccc1CN(CCO)C(=O)N[C@@H]1CN2CCC1CC2. The summed E-state index contributed by atoms with van der Waals surface area (Å²) in [5.41, 5.74) is 0.942. The summed E-state index contributed by atoms with van der Waals surface area (Å²) in [6, 6.07) is 7.79. The third-order valence-corrected chi connectivity index (χ3v) is 5.18. The maximum Gasteiger partial charge on any atom is 0.318 e. The third-order valence-electron chi connectivity index (χ3n) is 5.18. The smallest absolute Gasteiger partial charge is 0.318 e. The van der Waals surface area contributed by atoms with Crippen LogP contribution in [0.15, 0.2) is 24.3 Å². The van der Waals surface area contributed by atoms with Crippen LogP contribution >= 0.6 is 0 Å². The number of nitrogens with zero attached hydrogens (tertiary/aromatic N) is 2. The highest BCUT2D eigenvalue weighted by atomic mass is 16.5. The van der Waals surface area contributed by atoms with E-state index in [0.717, 1.165) is 43.8 Å². The summed E-state index contributed by atoms with van der Waals surface area (Å²) < 4.78 is 5.37. The van der Waals surface area contributed by atoms with Gasteiger partial charge in [-0.1, -0.05) is 18.2 Å². The summed E-state index contributed by atoms with van der Waals surface area (Å²) in [7, 11) is 1.63. The van der Waals surface area contributed by atoms with Gasteiger partial charge in [-0.15, -0.1) is 0 Å². The minimum Gasteiger partial charge on any atom is -0.496 e. The largest absolute Gasteiger partial charge is 0.496 e. The molecule has 1 aromatic rings. The van der Waals surface area contributed by atoms with Crippen LogP contribution in [0.5, 0.6) is 5.75 Å². The molecule has 3 saturated heterocycles. The monoisotopic (exact) mass is 333 g/mol. The number of piperidine rings is 3. The molecule has 3 heterocycles. The lowest BCUT2D eigenvalue weighted by molar-refractivity contribution is 0.0718. The molecule has 2 amide bonds. The Morgan fingerprint density at radius 3 is 2.75 bits per heavy atom. The zero-order valence-electron chi connectivity index (χ0n) is 14.3. The van der Waals surface area contributed by atoms with Crippen molar-refractivity contribution in [3.63, 3.8) is 0 Å². The van der Waals surface area contributed by atoms with Crippen molar-refractivity contribution in [2.45, 2.75) is 25.4 Å². The first-order valence-corrected chi connectivity index (χ1v) is 8.72. The predicted octanol–water partition coefficient (Wildman–Crippen LogP) is 1.29. The minimum atomic E-state index is -0.103. The van der Waals surface area contributed by atoms with E-state index in [0.29, 0.717) is 19.0 Å². The Morgan fingerprint density at radius 1 is 1.38 bits per heavy atom. The highest BCUT2D eigenvalue weighted by Crippen LogP contribution is 2.27. The van der Waals surface area contributed by atoms with Gasteiger partial charge in [-0.3, -0.25) is 0 Å². The summed E-state index contributed by atoms with van der Waals surface area (Å²) >= 11 is 0. The number of hydrogen-bond donors (Lipinski definition) is 2. The van der Waals surface area contributed by atoms with Gasteiger partial charge in [-0.2, -0.15) is 0 Å². The van der Waals surface area contributed by atoms with Gasteiger partial charge in [0.05, 0.1) is 20.3 Å². The quantitative estimate of drug-likeness (QED) is 0.823. The molecule has 2 N–H and O–H groups in total. The van der Waals surface area contributed by atoms with Gasteiger partial charge in [0.15, 0.2) is 0 Å². The minimum absolute atomic E-state index is 0.0528. The Labute approximate surface area is 143 Å². The van der Waals surface area contributed by atoms with Crippen molar-refractivity contribution in [2.24, 2.45) is 5.92 Å². The molecule has 2 bridgehead atoms. The molecule has 6 nitrogen and oxygen atoms in total. The van der Waals surface area contributed by atoms with Crippen LogP contribution in [-0.4, -0.2) is 66.9 Å². The Bertz CT molecular complexity index is 558. The van der Waals surface area contributed by atoms with Gasteiger partial charge in [0.25, 0.3) is 0 Å². The van der Waals surface area contributed by atoms with E-state index in [1.54, 1.807) is 12.0 Å². The number of nitrogens with one attached hydrogen (secondary N) is 1. The standard InChI is InChI=1S/C18H27N3O3/c1-24-17-5-3-2-4-15(17)12-21(10-11-22)18(23)19-16-13-20-8-6-14(16)7-9-20/h2-5,14,16,22H,6-13H2,1H3,(H,19,23)/t16-/m1/s1. The Hall–Kier alpha value is -1.79. The fraction of sp³-hybridized carbons (Fsp3) is 0.611. The lowest BCUT2D eigenvalue weighted by Gasteiger charge is -2.45. The van der Waals surface area contributed by atoms with Gasteiger partial charge < -0.3 is 25.0 Å². The van der Waals surface area contributed by atoms with Crippen LogP contribution in [-0.2, 0) is 6.54 Å². The van der Waals surface area contributed by atoms with E-state index in [-0.39, 0.29) is 18.7 Å². The van der Waals surface area contributed by atoms with Gasteiger partial charge in [-0.05, 0) is 37.9 Å². The van der Waals surface area contributed by atoms with Crippen molar-refractivity contribution in [1.82, 2.24) is 15.1 Å². The Balaban J connectivity index is 1.65. The van der Waals surface area contributed by atoms with E-state index in [1.165, 1.54) is 0 Å². The third kappa shape index (κ3) is 3.82. The maximum atomic E-state index is 12.7. The molecule has 4 rings (SSSR count). The summed E-state index contributed by atoms with van der Waals surface area (Å²) in [6.45, 7) is 3.93. The number of aliphatic hydroxyl groups is 1. The second kappa shape index (κ2) is 7.85. The maximum absolute atomic E-state index is 12.7. The second-order valence-corrected chi connectivity index (χ2v) is 6.65. The van der Waals surface area contributed by atoms with Crippen molar-refractivity contribution >= 4 is 6.03 Å². The molecule has 3 aliphatic rings.